The number of methoxy groups -OCH3 is 1. The van der Waals surface area contributed by atoms with Crippen LogP contribution in [-0.4, -0.2) is 37.4 Å². The van der Waals surface area contributed by atoms with Gasteiger partial charge in [0.1, 0.15) is 6.04 Å². The lowest BCUT2D eigenvalue weighted by atomic mass is 10.4. The van der Waals surface area contributed by atoms with Crippen molar-refractivity contribution in [1.29, 1.82) is 0 Å². The van der Waals surface area contributed by atoms with Gasteiger partial charge in [0.05, 0.1) is 0 Å². The first-order chi connectivity index (χ1) is 5.65. The molecule has 0 spiro atoms. The van der Waals surface area contributed by atoms with Crippen LogP contribution in [0.5, 0.6) is 0 Å². The van der Waals surface area contributed by atoms with Crippen LogP contribution in [0.25, 0.3) is 0 Å². The highest BCUT2D eigenvalue weighted by molar-refractivity contribution is 7.80. The zero-order valence-electron chi connectivity index (χ0n) is 6.60. The maximum absolute atomic E-state index is 10.9. The van der Waals surface area contributed by atoms with Crippen molar-refractivity contribution in [3.05, 3.63) is 0 Å². The molecule has 0 aromatic rings. The summed E-state index contributed by atoms with van der Waals surface area (Å²) in [6.45, 7) is 0. The van der Waals surface area contributed by atoms with E-state index in [1.807, 2.05) is 0 Å². The largest absolute Gasteiger partial charge is 0.427 e. The lowest BCUT2D eigenvalue weighted by molar-refractivity contribution is -0.175. The molecule has 0 saturated heterocycles. The Balaban J connectivity index is 3.89. The first-order valence-corrected chi connectivity index (χ1v) is 3.84. The summed E-state index contributed by atoms with van der Waals surface area (Å²) in [5.74, 6) is -0.544. The second kappa shape index (κ2) is 5.99. The quantitative estimate of drug-likeness (QED) is 0.252. The Morgan fingerprint density at radius 1 is 1.75 bits per heavy atom. The highest BCUT2D eigenvalue weighted by atomic mass is 32.1. The Bertz CT molecular complexity index is 164. The Hall–Kier alpha value is -0.590. The number of hydrogen-bond donors (Lipinski definition) is 2. The van der Waals surface area contributed by atoms with Gasteiger partial charge in [-0.3, -0.25) is 9.59 Å². The fourth-order valence-corrected chi connectivity index (χ4v) is 0.557. The van der Waals surface area contributed by atoms with Crippen LogP contribution in [-0.2, 0) is 19.1 Å². The zero-order valence-corrected chi connectivity index (χ0v) is 7.49. The topological polar surface area (TPSA) is 78.6 Å². The number of carbonyl (C=O) groups is 2. The molecule has 5 nitrogen and oxygen atoms in total. The molecule has 0 bridgehead atoms. The van der Waals surface area contributed by atoms with Gasteiger partial charge in [0.25, 0.3) is 6.29 Å². The molecule has 70 valence electrons. The van der Waals surface area contributed by atoms with E-state index in [2.05, 4.69) is 22.1 Å². The summed E-state index contributed by atoms with van der Waals surface area (Å²) in [6.07, 6.45) is -0.813. The number of rotatable bonds is 5. The number of ether oxygens (including phenoxy) is 2. The fourth-order valence-electron chi connectivity index (χ4n) is 0.408. The molecule has 2 N–H and O–H groups in total. The van der Waals surface area contributed by atoms with Crippen molar-refractivity contribution in [2.45, 2.75) is 12.3 Å². The monoisotopic (exact) mass is 193 g/mol. The number of nitrogens with two attached hydrogens (primary N) is 1. The summed E-state index contributed by atoms with van der Waals surface area (Å²) >= 11 is 3.78. The number of esters is 1. The van der Waals surface area contributed by atoms with Crippen LogP contribution in [0, 0.1) is 0 Å². The molecule has 0 aliphatic rings. The van der Waals surface area contributed by atoms with Crippen LogP contribution in [0.3, 0.4) is 0 Å². The molecule has 0 amide bonds. The van der Waals surface area contributed by atoms with Crippen LogP contribution in [0.15, 0.2) is 0 Å². The zero-order chi connectivity index (χ0) is 9.56. The maximum atomic E-state index is 10.9. The number of hydrogen-bond acceptors (Lipinski definition) is 6. The summed E-state index contributed by atoms with van der Waals surface area (Å²) in [5.41, 5.74) is 5.25. The first-order valence-electron chi connectivity index (χ1n) is 3.20. The van der Waals surface area contributed by atoms with Crippen molar-refractivity contribution in [1.82, 2.24) is 0 Å². The molecule has 0 aromatic heterocycles. The highest BCUT2D eigenvalue weighted by Crippen LogP contribution is 1.94. The van der Waals surface area contributed by atoms with E-state index >= 15 is 0 Å². The summed E-state index contributed by atoms with van der Waals surface area (Å²) in [5, 5.41) is 0. The smallest absolute Gasteiger partial charge is 0.326 e. The van der Waals surface area contributed by atoms with E-state index in [1.165, 1.54) is 7.11 Å². The van der Waals surface area contributed by atoms with Gasteiger partial charge in [0, 0.05) is 12.9 Å². The standard InChI is InChI=1S/C6H11NO4S/c1-10-5(2-8)11-6(9)4(7)3-12/h2,4-5,12H,3,7H2,1H3/t4-,5?/m0/s1. The van der Waals surface area contributed by atoms with E-state index in [4.69, 9.17) is 5.73 Å². The number of carbonyl (C=O) groups excluding carboxylic acids is 2. The molecule has 2 atom stereocenters. The minimum Gasteiger partial charge on any atom is -0.427 e. The van der Waals surface area contributed by atoms with Gasteiger partial charge >= 0.3 is 5.97 Å². The molecule has 0 radical (unpaired) electrons. The Morgan fingerprint density at radius 2 is 2.33 bits per heavy atom. The molecule has 0 heterocycles. The number of thiol groups is 1. The molecule has 0 aliphatic carbocycles. The van der Waals surface area contributed by atoms with E-state index in [9.17, 15) is 9.59 Å². The van der Waals surface area contributed by atoms with Crippen LogP contribution in [0.4, 0.5) is 0 Å². The van der Waals surface area contributed by atoms with Gasteiger partial charge in [0.2, 0.25) is 0 Å². The van der Waals surface area contributed by atoms with Crippen LogP contribution < -0.4 is 5.73 Å². The molecule has 0 aliphatic heterocycles. The van der Waals surface area contributed by atoms with Gasteiger partial charge in [-0.25, -0.2) is 0 Å². The molecule has 0 saturated carbocycles. The molecule has 12 heavy (non-hydrogen) atoms. The van der Waals surface area contributed by atoms with E-state index in [-0.39, 0.29) is 5.75 Å². The van der Waals surface area contributed by atoms with Crippen molar-refractivity contribution in [3.63, 3.8) is 0 Å². The Kier molecular flexibility index (Phi) is 5.69. The average molecular weight is 193 g/mol. The van der Waals surface area contributed by atoms with Crippen molar-refractivity contribution in [2.75, 3.05) is 12.9 Å². The molecular weight excluding hydrogens is 182 g/mol. The lowest BCUT2D eigenvalue weighted by Gasteiger charge is -2.12. The molecule has 0 aromatic carbocycles. The second-order valence-electron chi connectivity index (χ2n) is 1.97. The predicted molar refractivity (Wildman–Crippen MR) is 44.8 cm³/mol. The molecule has 0 rings (SSSR count). The Labute approximate surface area is 75.6 Å². The van der Waals surface area contributed by atoms with Gasteiger partial charge in [-0.1, -0.05) is 0 Å². The highest BCUT2D eigenvalue weighted by Gasteiger charge is 2.17. The fraction of sp³-hybridized carbons (Fsp3) is 0.667. The normalized spacial score (nSPS) is 14.9. The summed E-state index contributed by atoms with van der Waals surface area (Å²) < 4.78 is 8.97. The molecule has 6 heteroatoms. The minimum absolute atomic E-state index is 0.161. The maximum Gasteiger partial charge on any atom is 0.326 e. The first kappa shape index (κ1) is 11.4. The predicted octanol–water partition coefficient (Wildman–Crippen LogP) is -1.04. The average Bonchev–Trinajstić information content (AvgIpc) is 2.12. The summed E-state index contributed by atoms with van der Waals surface area (Å²) in [7, 11) is 1.25. The van der Waals surface area contributed by atoms with E-state index in [0.717, 1.165) is 0 Å². The van der Waals surface area contributed by atoms with Gasteiger partial charge in [-0.05, 0) is 0 Å². The van der Waals surface area contributed by atoms with Crippen molar-refractivity contribution >= 4 is 24.9 Å². The third-order valence-corrected chi connectivity index (χ3v) is 1.47. The molecule has 0 fully saturated rings. The van der Waals surface area contributed by atoms with Crippen molar-refractivity contribution < 1.29 is 19.1 Å². The molecular formula is C6H11NO4S. The lowest BCUT2D eigenvalue weighted by Crippen LogP contribution is -2.37. The van der Waals surface area contributed by atoms with E-state index in [0.29, 0.717) is 6.29 Å². The van der Waals surface area contributed by atoms with E-state index < -0.39 is 18.3 Å². The second-order valence-corrected chi connectivity index (χ2v) is 2.33. The van der Waals surface area contributed by atoms with Crippen LogP contribution in [0.2, 0.25) is 0 Å². The van der Waals surface area contributed by atoms with Crippen molar-refractivity contribution in [3.8, 4) is 0 Å². The van der Waals surface area contributed by atoms with E-state index in [1.54, 1.807) is 0 Å². The molecule has 1 unspecified atom stereocenters. The van der Waals surface area contributed by atoms with Crippen molar-refractivity contribution in [2.24, 2.45) is 5.73 Å². The third-order valence-electron chi connectivity index (χ3n) is 1.08. The minimum atomic E-state index is -1.18. The van der Waals surface area contributed by atoms with Gasteiger partial charge in [-0.15, -0.1) is 0 Å². The summed E-state index contributed by atoms with van der Waals surface area (Å²) in [4.78, 5) is 21.0. The SMILES string of the molecule is COC(C=O)OC(=O)[C@@H](N)CS. The van der Waals surface area contributed by atoms with Crippen LogP contribution >= 0.6 is 12.6 Å². The van der Waals surface area contributed by atoms with Crippen LogP contribution in [0.1, 0.15) is 0 Å². The van der Waals surface area contributed by atoms with Gasteiger partial charge in [-0.2, -0.15) is 12.6 Å². The third kappa shape index (κ3) is 3.70. The number of aldehydes is 1. The summed E-state index contributed by atoms with van der Waals surface area (Å²) in [6, 6.07) is -0.828. The van der Waals surface area contributed by atoms with Gasteiger partial charge in [0.15, 0.2) is 6.29 Å². The Morgan fingerprint density at radius 3 is 2.67 bits per heavy atom. The van der Waals surface area contributed by atoms with Gasteiger partial charge < -0.3 is 15.2 Å².